The molecule has 0 spiro atoms. The van der Waals surface area contributed by atoms with Gasteiger partial charge in [-0.05, 0) is 38.5 Å². The van der Waals surface area contributed by atoms with E-state index in [2.05, 4.69) is 0 Å². The maximum atomic E-state index is 14.5. The first-order valence-corrected chi connectivity index (χ1v) is 14.9. The zero-order valence-corrected chi connectivity index (χ0v) is 20.4. The normalized spacial score (nSPS) is 26.0. The molecule has 3 saturated carbocycles. The van der Waals surface area contributed by atoms with Gasteiger partial charge in [0.05, 0.1) is 5.25 Å². The highest BCUT2D eigenvalue weighted by molar-refractivity contribution is 8.34. The van der Waals surface area contributed by atoms with Crippen LogP contribution in [0.3, 0.4) is 0 Å². The van der Waals surface area contributed by atoms with E-state index in [4.69, 9.17) is 3.63 Å². The van der Waals surface area contributed by atoms with Crippen LogP contribution >= 0.6 is 10.3 Å². The van der Waals surface area contributed by atoms with Crippen molar-refractivity contribution < 1.29 is 47.6 Å². The number of rotatable bonds is 7. The Morgan fingerprint density at radius 1 is 0.676 bits per heavy atom. The molecule has 0 amide bonds. The van der Waals surface area contributed by atoms with Gasteiger partial charge in [0.2, 0.25) is 0 Å². The molecule has 1 unspecified atom stereocenters. The molecule has 0 bridgehead atoms. The van der Waals surface area contributed by atoms with Crippen LogP contribution < -0.4 is 0 Å². The minimum atomic E-state index is -6.85. The zero-order chi connectivity index (χ0) is 25.4. The summed E-state index contributed by atoms with van der Waals surface area (Å²) in [6.07, 6.45) is -0.00465. The largest absolute Gasteiger partial charge is 0.461 e. The van der Waals surface area contributed by atoms with Crippen molar-refractivity contribution in [1.29, 1.82) is 0 Å². The average Bonchev–Trinajstić information content (AvgIpc) is 2.78. The number of carbonyl (C=O) groups is 1. The Hall–Kier alpha value is -0.560. The molecule has 13 heteroatoms. The van der Waals surface area contributed by atoms with Crippen molar-refractivity contribution in [2.24, 2.45) is 0 Å². The molecule has 0 aromatic carbocycles. The average molecular weight is 545 g/mol. The lowest BCUT2D eigenvalue weighted by atomic mass is 9.98. The maximum Gasteiger partial charge on any atom is 0.461 e. The van der Waals surface area contributed by atoms with Gasteiger partial charge in [0.25, 0.3) is 0 Å². The lowest BCUT2D eigenvalue weighted by molar-refractivity contribution is -0.333. The van der Waals surface area contributed by atoms with Gasteiger partial charge in [-0.3, -0.25) is 4.79 Å². The van der Waals surface area contributed by atoms with E-state index in [0.29, 0.717) is 64.2 Å². The highest BCUT2D eigenvalue weighted by Crippen LogP contribution is 2.71. The van der Waals surface area contributed by atoms with Gasteiger partial charge >= 0.3 is 27.5 Å². The summed E-state index contributed by atoms with van der Waals surface area (Å²) in [4.78, 5) is 13.0. The van der Waals surface area contributed by atoms with E-state index in [-0.39, 0.29) is 18.6 Å². The van der Waals surface area contributed by atoms with Gasteiger partial charge in [-0.15, -0.1) is 10.3 Å². The van der Waals surface area contributed by atoms with Gasteiger partial charge < -0.3 is 0 Å². The first-order valence-electron chi connectivity index (χ1n) is 11.8. The summed E-state index contributed by atoms with van der Waals surface area (Å²) in [7, 11) is -10.1. The van der Waals surface area contributed by atoms with Gasteiger partial charge in [0.1, 0.15) is 5.78 Å². The van der Waals surface area contributed by atoms with Crippen LogP contribution in [0.4, 0.5) is 30.7 Å². The number of carbonyl (C=O) groups excluding carboxylic acids is 1. The van der Waals surface area contributed by atoms with E-state index < -0.39 is 53.5 Å². The second kappa shape index (κ2) is 10.1. The Kier molecular flexibility index (Phi) is 8.30. The predicted octanol–water partition coefficient (Wildman–Crippen LogP) is 7.02. The van der Waals surface area contributed by atoms with Gasteiger partial charge in [-0.1, -0.05) is 44.9 Å². The molecule has 3 fully saturated rings. The Labute approximate surface area is 197 Å². The summed E-state index contributed by atoms with van der Waals surface area (Å²) in [6.45, 7) is 0. The molecule has 0 aromatic rings. The summed E-state index contributed by atoms with van der Waals surface area (Å²) in [5.41, 5.74) is 0. The van der Waals surface area contributed by atoms with Gasteiger partial charge in [0.15, 0.2) is 0 Å². The Morgan fingerprint density at radius 2 is 1.12 bits per heavy atom. The third kappa shape index (κ3) is 4.86. The molecule has 0 heterocycles. The number of halogens is 7. The molecule has 0 aliphatic heterocycles. The molecule has 4 nitrogen and oxygen atoms in total. The second-order valence-electron chi connectivity index (χ2n) is 9.53. The summed E-state index contributed by atoms with van der Waals surface area (Å²) in [5, 5.41) is -8.84. The highest BCUT2D eigenvalue weighted by Gasteiger charge is 2.80. The van der Waals surface area contributed by atoms with Crippen molar-refractivity contribution in [3.8, 4) is 0 Å². The van der Waals surface area contributed by atoms with Crippen LogP contribution in [0.1, 0.15) is 89.9 Å². The quantitative estimate of drug-likeness (QED) is 0.323. The predicted molar refractivity (Wildman–Crippen MR) is 115 cm³/mol. The van der Waals surface area contributed by atoms with Crippen LogP contribution in [0, 0.1) is 0 Å². The Bertz CT molecular complexity index is 815. The number of Topliss-reactive ketones (excluding diaryl/α,β-unsaturated/α-hetero) is 1. The number of hydrogen-bond donors (Lipinski definition) is 0. The molecule has 0 radical (unpaired) electrons. The van der Waals surface area contributed by atoms with Crippen LogP contribution in [0.25, 0.3) is 0 Å². The highest BCUT2D eigenvalue weighted by atomic mass is 32.3. The lowest BCUT2D eigenvalue weighted by Gasteiger charge is -2.56. The van der Waals surface area contributed by atoms with Crippen molar-refractivity contribution in [1.82, 2.24) is 0 Å². The third-order valence-corrected chi connectivity index (χ3v) is 14.3. The standard InChI is InChI=1S/C21H31F7O4S2/c22-19(23,20(24,25)26)21(27,28)34(30,31)32-33(15-9-3-1-4-10-15,16-11-5-2-6-12-16)18-14-8-7-13-17(18)29/h15-16,18H,1-14H2. The fourth-order valence-corrected chi connectivity index (χ4v) is 13.6. The minimum Gasteiger partial charge on any atom is -0.298 e. The number of hydrogen-bond acceptors (Lipinski definition) is 4. The summed E-state index contributed by atoms with van der Waals surface area (Å²) < 4.78 is 126. The molecular weight excluding hydrogens is 513 g/mol. The van der Waals surface area contributed by atoms with Crippen molar-refractivity contribution >= 4 is 26.2 Å². The fourth-order valence-electron chi connectivity index (χ4n) is 5.62. The van der Waals surface area contributed by atoms with E-state index in [1.807, 2.05) is 0 Å². The van der Waals surface area contributed by atoms with E-state index in [1.165, 1.54) is 0 Å². The molecule has 3 aliphatic carbocycles. The molecule has 200 valence electrons. The maximum absolute atomic E-state index is 14.5. The third-order valence-electron chi connectivity index (χ3n) is 7.33. The van der Waals surface area contributed by atoms with Crippen LogP contribution in [-0.4, -0.2) is 47.3 Å². The molecule has 0 aromatic heterocycles. The van der Waals surface area contributed by atoms with E-state index in [1.54, 1.807) is 0 Å². The van der Waals surface area contributed by atoms with E-state index >= 15 is 0 Å². The number of alkyl halides is 7. The second-order valence-corrected chi connectivity index (χ2v) is 14.8. The Morgan fingerprint density at radius 3 is 1.53 bits per heavy atom. The van der Waals surface area contributed by atoms with Crippen molar-refractivity contribution in [2.45, 2.75) is 123 Å². The minimum absolute atomic E-state index is 0.0807. The molecule has 3 aliphatic rings. The molecule has 3 rings (SSSR count). The SMILES string of the molecule is O=C1CCCCC1S(OS(=O)(=O)C(F)(F)C(F)(F)C(F)(F)F)(C1CCCCC1)C1CCCCC1. The molecular formula is C21H31F7O4S2. The van der Waals surface area contributed by atoms with Crippen LogP contribution in [0.2, 0.25) is 0 Å². The Balaban J connectivity index is 2.16. The molecule has 34 heavy (non-hydrogen) atoms. The van der Waals surface area contributed by atoms with Crippen molar-refractivity contribution in [2.75, 3.05) is 0 Å². The van der Waals surface area contributed by atoms with Crippen LogP contribution in [0.5, 0.6) is 0 Å². The lowest BCUT2D eigenvalue weighted by Crippen LogP contribution is -2.57. The zero-order valence-electron chi connectivity index (χ0n) is 18.7. The van der Waals surface area contributed by atoms with Gasteiger partial charge in [-0.25, -0.2) is 3.63 Å². The monoisotopic (exact) mass is 544 g/mol. The van der Waals surface area contributed by atoms with Gasteiger partial charge in [-0.2, -0.15) is 39.2 Å². The smallest absolute Gasteiger partial charge is 0.298 e. The fraction of sp³-hybridized carbons (Fsp3) is 0.952. The van der Waals surface area contributed by atoms with Crippen molar-refractivity contribution in [3.63, 3.8) is 0 Å². The molecule has 0 saturated heterocycles. The van der Waals surface area contributed by atoms with E-state index in [9.17, 15) is 43.9 Å². The summed E-state index contributed by atoms with van der Waals surface area (Å²) >= 11 is 0. The van der Waals surface area contributed by atoms with Gasteiger partial charge in [0, 0.05) is 16.9 Å². The molecule has 1 atom stereocenters. The summed E-state index contributed by atoms with van der Waals surface area (Å²) in [6, 6.07) is 0. The van der Waals surface area contributed by atoms with Crippen LogP contribution in [-0.2, 0) is 18.5 Å². The first-order chi connectivity index (χ1) is 15.7. The first kappa shape index (κ1) is 28.0. The topological polar surface area (TPSA) is 60.4 Å². The van der Waals surface area contributed by atoms with Crippen LogP contribution in [0.15, 0.2) is 0 Å². The summed E-state index contributed by atoms with van der Waals surface area (Å²) in [5.74, 6) is -7.21. The van der Waals surface area contributed by atoms with Crippen molar-refractivity contribution in [3.05, 3.63) is 0 Å². The molecule has 0 N–H and O–H groups in total. The number of ketones is 1. The van der Waals surface area contributed by atoms with E-state index in [0.717, 1.165) is 12.8 Å².